The zero-order valence-corrected chi connectivity index (χ0v) is 8.71. The molecular formula is C10H19NO3. The summed E-state index contributed by atoms with van der Waals surface area (Å²) < 4.78 is 5.40. The first kappa shape index (κ1) is 11.5. The fraction of sp³-hybridized carbons (Fsp3) is 0.900. The monoisotopic (exact) mass is 201 g/mol. The molecule has 1 atom stereocenters. The predicted octanol–water partition coefficient (Wildman–Crippen LogP) is 0.444. The summed E-state index contributed by atoms with van der Waals surface area (Å²) >= 11 is 0. The van der Waals surface area contributed by atoms with E-state index in [2.05, 4.69) is 5.32 Å². The summed E-state index contributed by atoms with van der Waals surface area (Å²) in [7, 11) is 0. The van der Waals surface area contributed by atoms with Gasteiger partial charge in [0.15, 0.2) is 0 Å². The van der Waals surface area contributed by atoms with Crippen LogP contribution in [-0.4, -0.2) is 36.4 Å². The van der Waals surface area contributed by atoms with Crippen LogP contribution in [0.4, 0.5) is 0 Å². The first-order valence-corrected chi connectivity index (χ1v) is 5.22. The second-order valence-corrected chi connectivity index (χ2v) is 3.87. The van der Waals surface area contributed by atoms with Gasteiger partial charge in [0.05, 0.1) is 0 Å². The molecule has 82 valence electrons. The summed E-state index contributed by atoms with van der Waals surface area (Å²) in [4.78, 5) is 11.6. The SMILES string of the molecule is CC1(C(=O)NCCCCO)CCCO1. The van der Waals surface area contributed by atoms with Gasteiger partial charge >= 0.3 is 0 Å². The summed E-state index contributed by atoms with van der Waals surface area (Å²) in [6.45, 7) is 3.32. The summed E-state index contributed by atoms with van der Waals surface area (Å²) in [5.74, 6) is -0.0204. The van der Waals surface area contributed by atoms with Crippen molar-refractivity contribution in [3.8, 4) is 0 Å². The van der Waals surface area contributed by atoms with Crippen LogP contribution in [0.2, 0.25) is 0 Å². The van der Waals surface area contributed by atoms with Gasteiger partial charge in [-0.25, -0.2) is 0 Å². The van der Waals surface area contributed by atoms with Crippen molar-refractivity contribution in [1.82, 2.24) is 5.32 Å². The fourth-order valence-corrected chi connectivity index (χ4v) is 1.58. The Bertz CT molecular complexity index is 188. The van der Waals surface area contributed by atoms with Gasteiger partial charge in [0, 0.05) is 19.8 Å². The second kappa shape index (κ2) is 5.32. The third-order valence-electron chi connectivity index (χ3n) is 2.57. The lowest BCUT2D eigenvalue weighted by Crippen LogP contribution is -2.44. The minimum Gasteiger partial charge on any atom is -0.396 e. The van der Waals surface area contributed by atoms with E-state index >= 15 is 0 Å². The van der Waals surface area contributed by atoms with Crippen LogP contribution in [0.15, 0.2) is 0 Å². The Morgan fingerprint density at radius 2 is 2.36 bits per heavy atom. The molecule has 0 aromatic rings. The number of ether oxygens (including phenoxy) is 1. The van der Waals surface area contributed by atoms with Gasteiger partial charge in [-0.2, -0.15) is 0 Å². The zero-order chi connectivity index (χ0) is 10.4. The number of aliphatic hydroxyl groups excluding tert-OH is 1. The highest BCUT2D eigenvalue weighted by Gasteiger charge is 2.37. The van der Waals surface area contributed by atoms with Crippen LogP contribution < -0.4 is 5.32 Å². The molecule has 0 spiro atoms. The summed E-state index contributed by atoms with van der Waals surface area (Å²) in [6.07, 6.45) is 3.32. The molecule has 2 N–H and O–H groups in total. The number of aliphatic hydroxyl groups is 1. The van der Waals surface area contributed by atoms with E-state index in [4.69, 9.17) is 9.84 Å². The normalized spacial score (nSPS) is 26.4. The van der Waals surface area contributed by atoms with Gasteiger partial charge in [0.2, 0.25) is 0 Å². The van der Waals surface area contributed by atoms with Crippen LogP contribution in [0.1, 0.15) is 32.6 Å². The molecule has 0 aromatic heterocycles. The van der Waals surface area contributed by atoms with Crippen molar-refractivity contribution in [3.05, 3.63) is 0 Å². The maximum absolute atomic E-state index is 11.6. The minimum absolute atomic E-state index is 0.0204. The number of rotatable bonds is 5. The Morgan fingerprint density at radius 1 is 1.57 bits per heavy atom. The molecule has 14 heavy (non-hydrogen) atoms. The number of unbranched alkanes of at least 4 members (excludes halogenated alkanes) is 1. The Morgan fingerprint density at radius 3 is 2.93 bits per heavy atom. The van der Waals surface area contributed by atoms with Crippen molar-refractivity contribution in [2.24, 2.45) is 0 Å². The van der Waals surface area contributed by atoms with Gasteiger partial charge in [-0.3, -0.25) is 4.79 Å². The van der Waals surface area contributed by atoms with E-state index < -0.39 is 5.60 Å². The highest BCUT2D eigenvalue weighted by molar-refractivity contribution is 5.84. The van der Waals surface area contributed by atoms with Crippen LogP contribution in [0.3, 0.4) is 0 Å². The first-order valence-electron chi connectivity index (χ1n) is 5.22. The van der Waals surface area contributed by atoms with Crippen LogP contribution >= 0.6 is 0 Å². The number of carbonyl (C=O) groups excluding carboxylic acids is 1. The van der Waals surface area contributed by atoms with Gasteiger partial charge < -0.3 is 15.2 Å². The van der Waals surface area contributed by atoms with Gasteiger partial charge in [0.25, 0.3) is 5.91 Å². The average Bonchev–Trinajstić information content (AvgIpc) is 2.61. The Balaban J connectivity index is 2.20. The number of amides is 1. The Kier molecular flexibility index (Phi) is 4.35. The lowest BCUT2D eigenvalue weighted by molar-refractivity contribution is -0.139. The topological polar surface area (TPSA) is 58.6 Å². The number of hydrogen-bond donors (Lipinski definition) is 2. The van der Waals surface area contributed by atoms with E-state index in [9.17, 15) is 4.79 Å². The molecule has 1 fully saturated rings. The maximum atomic E-state index is 11.6. The largest absolute Gasteiger partial charge is 0.396 e. The van der Waals surface area contributed by atoms with Gasteiger partial charge in [-0.1, -0.05) is 0 Å². The molecule has 4 nitrogen and oxygen atoms in total. The molecular weight excluding hydrogens is 182 g/mol. The van der Waals surface area contributed by atoms with Crippen LogP contribution in [0, 0.1) is 0 Å². The third kappa shape index (κ3) is 2.96. The summed E-state index contributed by atoms with van der Waals surface area (Å²) in [6, 6.07) is 0. The molecule has 0 bridgehead atoms. The molecule has 1 heterocycles. The van der Waals surface area contributed by atoms with E-state index in [-0.39, 0.29) is 12.5 Å². The molecule has 1 unspecified atom stereocenters. The number of nitrogens with one attached hydrogen (secondary N) is 1. The summed E-state index contributed by atoms with van der Waals surface area (Å²) in [5, 5.41) is 11.4. The molecule has 0 aliphatic carbocycles. The van der Waals surface area contributed by atoms with Crippen LogP contribution in [0.25, 0.3) is 0 Å². The third-order valence-corrected chi connectivity index (χ3v) is 2.57. The van der Waals surface area contributed by atoms with E-state index in [1.165, 1.54) is 0 Å². The molecule has 4 heteroatoms. The Labute approximate surface area is 84.6 Å². The van der Waals surface area contributed by atoms with E-state index in [1.807, 2.05) is 6.92 Å². The lowest BCUT2D eigenvalue weighted by Gasteiger charge is -2.21. The van der Waals surface area contributed by atoms with Crippen molar-refractivity contribution in [2.75, 3.05) is 19.8 Å². The highest BCUT2D eigenvalue weighted by Crippen LogP contribution is 2.24. The van der Waals surface area contributed by atoms with Crippen molar-refractivity contribution in [2.45, 2.75) is 38.2 Å². The second-order valence-electron chi connectivity index (χ2n) is 3.87. The maximum Gasteiger partial charge on any atom is 0.251 e. The zero-order valence-electron chi connectivity index (χ0n) is 8.71. The predicted molar refractivity (Wildman–Crippen MR) is 52.9 cm³/mol. The van der Waals surface area contributed by atoms with Crippen molar-refractivity contribution < 1.29 is 14.6 Å². The minimum atomic E-state index is -0.612. The van der Waals surface area contributed by atoms with Crippen molar-refractivity contribution in [1.29, 1.82) is 0 Å². The van der Waals surface area contributed by atoms with Crippen LogP contribution in [-0.2, 0) is 9.53 Å². The van der Waals surface area contributed by atoms with E-state index in [1.54, 1.807) is 0 Å². The Hall–Kier alpha value is -0.610. The molecule has 1 rings (SSSR count). The molecule has 0 radical (unpaired) electrons. The lowest BCUT2D eigenvalue weighted by atomic mass is 10.0. The van der Waals surface area contributed by atoms with Gasteiger partial charge in [-0.15, -0.1) is 0 Å². The average molecular weight is 201 g/mol. The van der Waals surface area contributed by atoms with Crippen molar-refractivity contribution in [3.63, 3.8) is 0 Å². The molecule has 0 saturated carbocycles. The first-order chi connectivity index (χ1) is 6.69. The van der Waals surface area contributed by atoms with Gasteiger partial charge in [-0.05, 0) is 32.6 Å². The molecule has 1 aliphatic rings. The fourth-order valence-electron chi connectivity index (χ4n) is 1.58. The van der Waals surface area contributed by atoms with Crippen LogP contribution in [0.5, 0.6) is 0 Å². The van der Waals surface area contributed by atoms with Gasteiger partial charge in [0.1, 0.15) is 5.60 Å². The molecule has 0 aromatic carbocycles. The molecule has 1 amide bonds. The summed E-state index contributed by atoms with van der Waals surface area (Å²) in [5.41, 5.74) is -0.612. The smallest absolute Gasteiger partial charge is 0.251 e. The quantitative estimate of drug-likeness (QED) is 0.635. The van der Waals surface area contributed by atoms with E-state index in [0.717, 1.165) is 25.7 Å². The molecule has 1 saturated heterocycles. The number of hydrogen-bond acceptors (Lipinski definition) is 3. The standard InChI is InChI=1S/C10H19NO3/c1-10(5-4-8-14-10)9(13)11-6-2-3-7-12/h12H,2-8H2,1H3,(H,11,13). The number of carbonyl (C=O) groups is 1. The highest BCUT2D eigenvalue weighted by atomic mass is 16.5. The van der Waals surface area contributed by atoms with E-state index in [0.29, 0.717) is 13.2 Å². The molecule has 1 aliphatic heterocycles. The van der Waals surface area contributed by atoms with Crippen molar-refractivity contribution >= 4 is 5.91 Å².